The van der Waals surface area contributed by atoms with E-state index in [-0.39, 0.29) is 17.2 Å². The lowest BCUT2D eigenvalue weighted by atomic mass is 9.61. The maximum Gasteiger partial charge on any atom is 0.329 e. The van der Waals surface area contributed by atoms with Crippen molar-refractivity contribution in [3.8, 4) is 0 Å². The molecule has 1 aliphatic carbocycles. The molecule has 1 amide bonds. The minimum Gasteiger partial charge on any atom is -0.479 e. The number of rotatable bonds is 3. The van der Waals surface area contributed by atoms with Crippen molar-refractivity contribution in [2.75, 3.05) is 6.54 Å². The van der Waals surface area contributed by atoms with Crippen LogP contribution >= 0.6 is 0 Å². The molecule has 4 heteroatoms. The molecule has 2 atom stereocenters. The molecule has 2 unspecified atom stereocenters. The van der Waals surface area contributed by atoms with Gasteiger partial charge in [-0.2, -0.15) is 0 Å². The zero-order valence-corrected chi connectivity index (χ0v) is 12.8. The molecule has 0 aromatic rings. The highest BCUT2D eigenvalue weighted by Crippen LogP contribution is 2.47. The second-order valence-corrected chi connectivity index (χ2v) is 6.66. The molecule has 1 fully saturated rings. The van der Waals surface area contributed by atoms with E-state index in [1.165, 1.54) is 6.92 Å². The summed E-state index contributed by atoms with van der Waals surface area (Å²) in [5.74, 6) is -0.986. The van der Waals surface area contributed by atoms with Crippen LogP contribution in [0.15, 0.2) is 0 Å². The van der Waals surface area contributed by atoms with Crippen LogP contribution in [-0.4, -0.2) is 34.0 Å². The number of likely N-dealkylation sites (N-methyl/N-ethyl adjacent to an activating group) is 1. The van der Waals surface area contributed by atoms with Gasteiger partial charge in [-0.05, 0) is 31.1 Å². The summed E-state index contributed by atoms with van der Waals surface area (Å²) in [4.78, 5) is 25.5. The van der Waals surface area contributed by atoms with Crippen LogP contribution in [0.25, 0.3) is 0 Å². The Hall–Kier alpha value is -1.06. The average molecular weight is 269 g/mol. The Morgan fingerprint density at radius 1 is 1.32 bits per heavy atom. The molecular weight excluding hydrogens is 242 g/mol. The summed E-state index contributed by atoms with van der Waals surface area (Å²) in [6.45, 7) is 10.0. The molecule has 0 saturated heterocycles. The lowest BCUT2D eigenvalue weighted by molar-refractivity contribution is -0.170. The fourth-order valence-corrected chi connectivity index (χ4v) is 3.79. The summed E-state index contributed by atoms with van der Waals surface area (Å²) in [5.41, 5.74) is -1.15. The molecule has 0 radical (unpaired) electrons. The smallest absolute Gasteiger partial charge is 0.329 e. The molecular formula is C15H27NO3. The first-order valence-electron chi connectivity index (χ1n) is 7.19. The average Bonchev–Trinajstić information content (AvgIpc) is 2.28. The Morgan fingerprint density at radius 3 is 2.26 bits per heavy atom. The van der Waals surface area contributed by atoms with Gasteiger partial charge in [0.2, 0.25) is 5.91 Å². The number of carboxylic acids is 1. The molecule has 1 saturated carbocycles. The van der Waals surface area contributed by atoms with Crippen molar-refractivity contribution < 1.29 is 14.7 Å². The number of hydrogen-bond acceptors (Lipinski definition) is 2. The van der Waals surface area contributed by atoms with Crippen molar-refractivity contribution in [1.82, 2.24) is 4.90 Å². The van der Waals surface area contributed by atoms with E-state index in [1.807, 2.05) is 6.92 Å². The van der Waals surface area contributed by atoms with Crippen LogP contribution in [-0.2, 0) is 9.59 Å². The van der Waals surface area contributed by atoms with E-state index in [1.54, 1.807) is 4.90 Å². The van der Waals surface area contributed by atoms with Gasteiger partial charge in [-0.15, -0.1) is 0 Å². The van der Waals surface area contributed by atoms with E-state index in [0.29, 0.717) is 13.0 Å². The summed E-state index contributed by atoms with van der Waals surface area (Å²) < 4.78 is 0. The Labute approximate surface area is 116 Å². The molecule has 0 aliphatic heterocycles. The summed E-state index contributed by atoms with van der Waals surface area (Å²) >= 11 is 0. The van der Waals surface area contributed by atoms with Crippen LogP contribution in [0.5, 0.6) is 0 Å². The van der Waals surface area contributed by atoms with Crippen molar-refractivity contribution in [1.29, 1.82) is 0 Å². The van der Waals surface area contributed by atoms with Crippen molar-refractivity contribution in [3.05, 3.63) is 0 Å². The number of hydrogen-bond donors (Lipinski definition) is 1. The Kier molecular flexibility index (Phi) is 4.64. The molecule has 0 heterocycles. The summed E-state index contributed by atoms with van der Waals surface area (Å²) in [7, 11) is 0. The third-order valence-corrected chi connectivity index (χ3v) is 4.47. The monoisotopic (exact) mass is 269 g/mol. The van der Waals surface area contributed by atoms with Gasteiger partial charge < -0.3 is 10.0 Å². The summed E-state index contributed by atoms with van der Waals surface area (Å²) in [6, 6.07) is 0. The van der Waals surface area contributed by atoms with Gasteiger partial charge >= 0.3 is 5.97 Å². The molecule has 1 aliphatic rings. The number of amides is 1. The second kappa shape index (κ2) is 5.51. The van der Waals surface area contributed by atoms with Crippen LogP contribution in [0, 0.1) is 11.3 Å². The Balaban J connectivity index is 3.35. The highest BCUT2D eigenvalue weighted by atomic mass is 16.4. The molecule has 0 spiro atoms. The molecule has 1 rings (SSSR count). The minimum atomic E-state index is -1.03. The predicted octanol–water partition coefficient (Wildman–Crippen LogP) is 2.91. The fourth-order valence-electron chi connectivity index (χ4n) is 3.79. The Bertz CT molecular complexity index is 359. The Morgan fingerprint density at radius 2 is 1.89 bits per heavy atom. The van der Waals surface area contributed by atoms with Gasteiger partial charge in [-0.3, -0.25) is 4.79 Å². The van der Waals surface area contributed by atoms with E-state index in [0.717, 1.165) is 19.3 Å². The number of nitrogens with zero attached hydrogens (tertiary/aromatic N) is 1. The largest absolute Gasteiger partial charge is 0.479 e. The van der Waals surface area contributed by atoms with Crippen LogP contribution in [0.1, 0.15) is 60.3 Å². The summed E-state index contributed by atoms with van der Waals surface area (Å²) in [5, 5.41) is 9.88. The zero-order valence-electron chi connectivity index (χ0n) is 12.8. The third-order valence-electron chi connectivity index (χ3n) is 4.47. The first kappa shape index (κ1) is 16.0. The van der Waals surface area contributed by atoms with E-state index in [9.17, 15) is 14.7 Å². The third kappa shape index (κ3) is 2.77. The second-order valence-electron chi connectivity index (χ2n) is 6.66. The highest BCUT2D eigenvalue weighted by Gasteiger charge is 2.55. The first-order chi connectivity index (χ1) is 8.67. The van der Waals surface area contributed by atoms with Gasteiger partial charge in [0, 0.05) is 13.5 Å². The number of aliphatic carboxylic acids is 1. The van der Waals surface area contributed by atoms with E-state index < -0.39 is 11.5 Å². The van der Waals surface area contributed by atoms with Gasteiger partial charge in [-0.25, -0.2) is 4.79 Å². The zero-order chi connectivity index (χ0) is 14.8. The molecule has 0 bridgehead atoms. The topological polar surface area (TPSA) is 57.6 Å². The van der Waals surface area contributed by atoms with Gasteiger partial charge in [-0.1, -0.05) is 33.6 Å². The van der Waals surface area contributed by atoms with E-state index in [2.05, 4.69) is 20.8 Å². The lowest BCUT2D eigenvalue weighted by Crippen LogP contribution is -2.64. The van der Waals surface area contributed by atoms with Gasteiger partial charge in [0.15, 0.2) is 0 Å². The van der Waals surface area contributed by atoms with Crippen molar-refractivity contribution in [2.45, 2.75) is 65.8 Å². The normalized spacial score (nSPS) is 27.9. The highest BCUT2D eigenvalue weighted by molar-refractivity contribution is 5.86. The van der Waals surface area contributed by atoms with E-state index >= 15 is 0 Å². The van der Waals surface area contributed by atoms with Crippen LogP contribution in [0.3, 0.4) is 0 Å². The van der Waals surface area contributed by atoms with Crippen molar-refractivity contribution in [3.63, 3.8) is 0 Å². The number of carbonyl (C=O) groups is 2. The van der Waals surface area contributed by atoms with Crippen molar-refractivity contribution in [2.24, 2.45) is 11.3 Å². The van der Waals surface area contributed by atoms with Gasteiger partial charge in [0.05, 0.1) is 0 Å². The van der Waals surface area contributed by atoms with Gasteiger partial charge in [0.1, 0.15) is 5.54 Å². The molecule has 4 nitrogen and oxygen atoms in total. The van der Waals surface area contributed by atoms with Crippen LogP contribution in [0.4, 0.5) is 0 Å². The standard InChI is InChI=1S/C15H27NO3/c1-6-16(11(2)17)15(13(18)19)10-8-7-9-12(15)14(3,4)5/h12H,6-10H2,1-5H3,(H,18,19). The fraction of sp³-hybridized carbons (Fsp3) is 0.867. The molecule has 110 valence electrons. The lowest BCUT2D eigenvalue weighted by Gasteiger charge is -2.52. The maximum absolute atomic E-state index is 12.0. The minimum absolute atomic E-state index is 0.00454. The number of carbonyl (C=O) groups excluding carboxylic acids is 1. The van der Waals surface area contributed by atoms with Crippen LogP contribution < -0.4 is 0 Å². The first-order valence-corrected chi connectivity index (χ1v) is 7.19. The van der Waals surface area contributed by atoms with Crippen LogP contribution in [0.2, 0.25) is 0 Å². The SMILES string of the molecule is CCN(C(C)=O)C1(C(=O)O)CCCCC1C(C)(C)C. The van der Waals surface area contributed by atoms with Gasteiger partial charge in [0.25, 0.3) is 0 Å². The number of carboxylic acid groups (broad SMARTS) is 1. The molecule has 19 heavy (non-hydrogen) atoms. The molecule has 0 aromatic heterocycles. The molecule has 1 N–H and O–H groups in total. The maximum atomic E-state index is 12.0. The molecule has 0 aromatic carbocycles. The van der Waals surface area contributed by atoms with Crippen molar-refractivity contribution >= 4 is 11.9 Å². The van der Waals surface area contributed by atoms with E-state index in [4.69, 9.17) is 0 Å². The predicted molar refractivity (Wildman–Crippen MR) is 74.8 cm³/mol. The quantitative estimate of drug-likeness (QED) is 0.857. The summed E-state index contributed by atoms with van der Waals surface area (Å²) in [6.07, 6.45) is 3.37.